The maximum Gasteiger partial charge on any atom is 0.305 e. The number of aromatic nitrogens is 3. The van der Waals surface area contributed by atoms with Crippen LogP contribution < -0.4 is 80.8 Å². The maximum atomic E-state index is 15.2. The zero-order valence-electron chi connectivity index (χ0n) is 58.5. The van der Waals surface area contributed by atoms with Gasteiger partial charge in [-0.15, -0.1) is 0 Å². The summed E-state index contributed by atoms with van der Waals surface area (Å²) in [4.78, 5) is 221. The lowest BCUT2D eigenvalue weighted by Gasteiger charge is -2.28. The van der Waals surface area contributed by atoms with Crippen LogP contribution in [0.15, 0.2) is 43.0 Å². The Hall–Kier alpha value is -8.74. The number of para-hydroxylation sites is 1. The first-order chi connectivity index (χ1) is 49.2. The normalized spacial score (nSPS) is 24.5. The molecule has 0 aliphatic carbocycles. The van der Waals surface area contributed by atoms with E-state index in [9.17, 15) is 77.6 Å². The Morgan fingerprint density at radius 3 is 1.86 bits per heavy atom. The molecule has 1 aromatic carbocycles. The van der Waals surface area contributed by atoms with Crippen LogP contribution in [0.4, 0.5) is 0 Å². The smallest absolute Gasteiger partial charge is 0.305 e. The van der Waals surface area contributed by atoms with Crippen molar-refractivity contribution in [2.24, 2.45) is 23.4 Å². The number of hydrogen-bond acceptors (Lipinski definition) is 24. The molecular formula is C63H95N19O18S4. The van der Waals surface area contributed by atoms with Crippen LogP contribution in [0, 0.1) is 11.8 Å². The lowest BCUT2D eigenvalue weighted by Crippen LogP contribution is -2.61. The third-order valence-corrected chi connectivity index (χ3v) is 21.0. The van der Waals surface area contributed by atoms with E-state index >= 15 is 9.59 Å². The number of primary amides is 1. The second kappa shape index (κ2) is 42.9. The van der Waals surface area contributed by atoms with Crippen molar-refractivity contribution in [3.8, 4) is 0 Å². The van der Waals surface area contributed by atoms with Gasteiger partial charge in [-0.2, -0.15) is 5.12 Å². The van der Waals surface area contributed by atoms with Crippen LogP contribution in [0.3, 0.4) is 0 Å². The minimum absolute atomic E-state index is 0.0219. The number of carboxylic acid groups (broad SMARTS) is 2. The van der Waals surface area contributed by atoms with Crippen molar-refractivity contribution in [1.29, 1.82) is 0 Å². The zero-order valence-corrected chi connectivity index (χ0v) is 61.7. The van der Waals surface area contributed by atoms with Gasteiger partial charge in [-0.3, -0.25) is 77.8 Å². The number of aliphatic carboxylic acids is 2. The summed E-state index contributed by atoms with van der Waals surface area (Å²) in [6.07, 6.45) is -0.143. The minimum atomic E-state index is -1.72. The molecule has 0 unspecified atom stereocenters. The van der Waals surface area contributed by atoms with Gasteiger partial charge in [0, 0.05) is 78.3 Å². The van der Waals surface area contributed by atoms with Crippen molar-refractivity contribution < 1.29 is 87.2 Å². The van der Waals surface area contributed by atoms with Crippen LogP contribution in [0.1, 0.15) is 104 Å². The summed E-state index contributed by atoms with van der Waals surface area (Å²) in [6, 6.07) is -11.9. The quantitative estimate of drug-likeness (QED) is 0.0275. The molecular weight excluding hydrogens is 1440 g/mol. The molecule has 0 saturated carbocycles. The molecule has 5 rings (SSSR count). The van der Waals surface area contributed by atoms with Crippen molar-refractivity contribution >= 4 is 143 Å². The van der Waals surface area contributed by atoms with Crippen molar-refractivity contribution in [2.75, 3.05) is 36.6 Å². The fourth-order valence-corrected chi connectivity index (χ4v) is 15.2. The molecule has 13 amide bonds. The number of hydrogen-bond donors (Lipinski definition) is 20. The Kier molecular flexibility index (Phi) is 35.4. The van der Waals surface area contributed by atoms with E-state index in [4.69, 9.17) is 11.6 Å². The number of amides is 13. The van der Waals surface area contributed by atoms with Gasteiger partial charge in [0.05, 0.1) is 25.4 Å². The Morgan fingerprint density at radius 2 is 1.24 bits per heavy atom. The molecule has 2 saturated heterocycles. The Balaban J connectivity index is 1.70. The van der Waals surface area contributed by atoms with E-state index in [1.807, 2.05) is 0 Å². The first kappa shape index (κ1) is 85.9. The number of rotatable bonds is 21. The second-order valence-corrected chi connectivity index (χ2v) is 31.0. The third kappa shape index (κ3) is 29.1. The van der Waals surface area contributed by atoms with Crippen molar-refractivity contribution in [2.45, 2.75) is 184 Å². The zero-order chi connectivity index (χ0) is 76.9. The first-order valence-electron chi connectivity index (χ1n) is 33.5. The fourth-order valence-electron chi connectivity index (χ4n) is 10.7. The maximum absolute atomic E-state index is 15.2. The predicted octanol–water partition coefficient (Wildman–Crippen LogP) is -3.92. The molecule has 41 heteroatoms. The fraction of sp³-hybridized carbons (Fsp3) is 0.587. The van der Waals surface area contributed by atoms with Crippen LogP contribution in [0.25, 0.3) is 10.9 Å². The van der Waals surface area contributed by atoms with Crippen LogP contribution >= 0.6 is 43.2 Å². The number of imidazole rings is 1. The van der Waals surface area contributed by atoms with Gasteiger partial charge in [-0.1, -0.05) is 89.1 Å². The Morgan fingerprint density at radius 1 is 0.654 bits per heavy atom. The molecule has 2 aliphatic rings. The predicted molar refractivity (Wildman–Crippen MR) is 386 cm³/mol. The largest absolute Gasteiger partial charge is 0.481 e. The summed E-state index contributed by atoms with van der Waals surface area (Å²) in [7, 11) is 5.35. The van der Waals surface area contributed by atoms with E-state index in [1.165, 1.54) is 48.1 Å². The van der Waals surface area contributed by atoms with E-state index in [2.05, 4.69) is 84.2 Å². The van der Waals surface area contributed by atoms with Crippen LogP contribution in [-0.4, -0.2) is 239 Å². The average molecular weight is 1530 g/mol. The number of aliphatic hydroxyl groups is 1. The second-order valence-electron chi connectivity index (χ2n) is 25.8. The third-order valence-electron chi connectivity index (χ3n) is 16.0. The van der Waals surface area contributed by atoms with Gasteiger partial charge in [0.15, 0.2) is 0 Å². The highest BCUT2D eigenvalue weighted by atomic mass is 33.1. The number of hydrazine groups is 2. The summed E-state index contributed by atoms with van der Waals surface area (Å²) in [6.45, 7) is 8.53. The molecule has 0 radical (unpaired) electrons. The summed E-state index contributed by atoms with van der Waals surface area (Å²) in [5, 5.41) is 62.3. The number of carbonyl (C=O) groups is 15. The van der Waals surface area contributed by atoms with Crippen molar-refractivity contribution in [1.82, 2.24) is 89.3 Å². The SMILES string of the molecule is CC(C)C[C@@H]1NC(=O)[C@H](Cc2cnc[nH]2)NC(=O)[C@@H]2CCCSSCC[C@H](NC(=O)[C@H](CC(C)C)NC(=O)[C@H](CCC(=O)O)NC(=O)CNC1=O)C(=O)N[C@@H](Cc1c[nH]c3ccccc13)C(=O)N[C@H](C(=O)N[C@H](C(N)=O)[C@@H](C)O)CSSC[C@H](NC(=O)[C@H](CC(=O)O)NN(C)N)C(=O)N[C@@H](C)C(=O)N2. The Labute approximate surface area is 614 Å². The summed E-state index contributed by atoms with van der Waals surface area (Å²) >= 11 is 0. The molecule has 0 spiro atoms. The van der Waals surface area contributed by atoms with E-state index in [0.717, 1.165) is 33.6 Å². The molecule has 104 heavy (non-hydrogen) atoms. The molecule has 2 bridgehead atoms. The highest BCUT2D eigenvalue weighted by molar-refractivity contribution is 8.77. The van der Waals surface area contributed by atoms with Gasteiger partial charge in [0.1, 0.15) is 72.5 Å². The highest BCUT2D eigenvalue weighted by Crippen LogP contribution is 2.27. The number of fused-ring (bicyclic) bond motifs is 9. The number of nitrogens with two attached hydrogens (primary N) is 2. The molecule has 22 N–H and O–H groups in total. The van der Waals surface area contributed by atoms with Crippen molar-refractivity contribution in [3.05, 3.63) is 54.2 Å². The summed E-state index contributed by atoms with van der Waals surface area (Å²) < 4.78 is 0. The van der Waals surface area contributed by atoms with Crippen LogP contribution in [0.5, 0.6) is 0 Å². The van der Waals surface area contributed by atoms with E-state index < -0.39 is 205 Å². The molecule has 2 aliphatic heterocycles. The van der Waals surface area contributed by atoms with Crippen LogP contribution in [-0.2, 0) is 84.8 Å². The van der Waals surface area contributed by atoms with Gasteiger partial charge in [0.2, 0.25) is 76.8 Å². The van der Waals surface area contributed by atoms with Crippen molar-refractivity contribution in [3.63, 3.8) is 0 Å². The molecule has 13 atom stereocenters. The number of carboxylic acids is 2. The number of benzene rings is 1. The van der Waals surface area contributed by atoms with E-state index in [1.54, 1.807) is 58.2 Å². The number of aromatic amines is 2. The molecule has 2 aromatic heterocycles. The topological polar surface area (TPSA) is 573 Å². The average Bonchev–Trinajstić information content (AvgIpc) is 1.04. The summed E-state index contributed by atoms with van der Waals surface area (Å²) in [5.74, 6) is -11.2. The number of aliphatic hydroxyl groups excluding tert-OH is 1. The molecule has 3 aromatic rings. The number of H-pyrrole nitrogens is 2. The molecule has 4 heterocycles. The van der Waals surface area contributed by atoms with E-state index in [-0.39, 0.29) is 68.3 Å². The van der Waals surface area contributed by atoms with Gasteiger partial charge in [0.25, 0.3) is 0 Å². The lowest BCUT2D eigenvalue weighted by molar-refractivity contribution is -0.141. The first-order valence-corrected chi connectivity index (χ1v) is 38.4. The minimum Gasteiger partial charge on any atom is -0.481 e. The highest BCUT2D eigenvalue weighted by Gasteiger charge is 2.38. The van der Waals surface area contributed by atoms with Gasteiger partial charge in [-0.05, 0) is 75.8 Å². The molecule has 37 nitrogen and oxygen atoms in total. The summed E-state index contributed by atoms with van der Waals surface area (Å²) in [5.41, 5.74) is 9.49. The van der Waals surface area contributed by atoms with Gasteiger partial charge >= 0.3 is 11.9 Å². The van der Waals surface area contributed by atoms with Gasteiger partial charge < -0.3 is 94.8 Å². The number of nitrogens with one attached hydrogen (secondary N) is 15. The van der Waals surface area contributed by atoms with Crippen LogP contribution in [0.2, 0.25) is 0 Å². The number of carbonyl (C=O) groups excluding carboxylic acids is 13. The molecule has 574 valence electrons. The molecule has 2 fully saturated rings. The van der Waals surface area contributed by atoms with E-state index in [0.29, 0.717) is 22.2 Å². The monoisotopic (exact) mass is 1530 g/mol. The lowest BCUT2D eigenvalue weighted by atomic mass is 10.0. The number of nitrogens with zero attached hydrogens (tertiary/aromatic N) is 2. The standard InChI is InChI=1S/C63H95N19O18S4/c1-30(2)19-41-54(91)68-26-48(84)71-39(14-15-49(85)86)56(93)75-42(20-31(3)4)58(95)73-40-16-18-102-101-17-10-13-38(55(92)77-44(60(97)74-41)22-35-25-66-29-69-35)72-53(90)32(5)70-62(99)46(79-61(98)45(23-50(87)88)81-82(7)65)27-103-104-28-47(63(100)80-51(33(6)83)52(64)89)78-59(96)43(76-57(40)94)21-34-24-67-37-12-9-8-11-36(34)37/h8-9,11-12,24-25,29-33,38-47,51,67,81,83H,10,13-23,26-28,65H2,1-7H3,(H2,64,89)(H,66,69)(H,68,91)(H,70,99)(H,71,84)(H,72,90)(H,73,95)(H,74,97)(H,75,93)(H,76,94)(H,77,92)(H,78,96)(H,79,98)(H,80,100)(H,85,86)(H,87,88)/t32-,33+,38-,39-,40-,41-,42-,43-,44-,45-,46-,47-,51-/m0/s1. The Bertz CT molecular complexity index is 3500. The van der Waals surface area contributed by atoms with Gasteiger partial charge in [-0.25, -0.2) is 10.4 Å².